The summed E-state index contributed by atoms with van der Waals surface area (Å²) in [5.41, 5.74) is 0.258. The quantitative estimate of drug-likeness (QED) is 0.771. The molecule has 0 saturated heterocycles. The van der Waals surface area contributed by atoms with Gasteiger partial charge in [0.2, 0.25) is 0 Å². The first-order valence-corrected chi connectivity index (χ1v) is 5.81. The molecule has 19 heavy (non-hydrogen) atoms. The fraction of sp³-hybridized carbons (Fsp3) is 0.333. The Morgan fingerprint density at radius 2 is 2.26 bits per heavy atom. The van der Waals surface area contributed by atoms with Crippen molar-refractivity contribution in [1.82, 2.24) is 5.32 Å². The number of esters is 1. The predicted octanol–water partition coefficient (Wildman–Crippen LogP) is 0.948. The highest BCUT2D eigenvalue weighted by atomic mass is 16.5. The fourth-order valence-corrected chi connectivity index (χ4v) is 1.56. The number of rotatable bonds is 6. The SMILES string of the molecule is CCOC(=O)C1=NC(=O)N=C1CNCc1ccco1. The molecule has 1 aromatic rings. The molecule has 0 atom stereocenters. The Balaban J connectivity index is 1.91. The molecule has 1 aromatic heterocycles. The first kappa shape index (κ1) is 13.2. The molecule has 0 aromatic carbocycles. The highest BCUT2D eigenvalue weighted by Crippen LogP contribution is 2.03. The van der Waals surface area contributed by atoms with E-state index in [1.54, 1.807) is 19.3 Å². The molecule has 0 fully saturated rings. The minimum absolute atomic E-state index is 0.0289. The lowest BCUT2D eigenvalue weighted by atomic mass is 10.2. The summed E-state index contributed by atoms with van der Waals surface area (Å²) < 4.78 is 9.95. The molecule has 0 aliphatic carbocycles. The van der Waals surface area contributed by atoms with Crippen LogP contribution in [0.25, 0.3) is 0 Å². The third-order valence-electron chi connectivity index (χ3n) is 2.35. The van der Waals surface area contributed by atoms with Crippen LogP contribution in [0, 0.1) is 0 Å². The topological polar surface area (TPSA) is 93.3 Å². The number of amides is 2. The summed E-state index contributed by atoms with van der Waals surface area (Å²) >= 11 is 0. The summed E-state index contributed by atoms with van der Waals surface area (Å²) in [5.74, 6) is 0.117. The Hall–Kier alpha value is -2.28. The van der Waals surface area contributed by atoms with Crippen molar-refractivity contribution in [2.24, 2.45) is 9.98 Å². The van der Waals surface area contributed by atoms with Gasteiger partial charge in [-0.3, -0.25) is 0 Å². The first-order valence-electron chi connectivity index (χ1n) is 5.81. The summed E-state index contributed by atoms with van der Waals surface area (Å²) in [6.45, 7) is 2.61. The number of aliphatic imine (C=N–C) groups is 2. The van der Waals surface area contributed by atoms with Crippen LogP contribution in [-0.4, -0.2) is 36.6 Å². The molecular formula is C12H13N3O4. The van der Waals surface area contributed by atoms with Gasteiger partial charge in [0.25, 0.3) is 0 Å². The Kier molecular flexibility index (Phi) is 4.19. The van der Waals surface area contributed by atoms with Gasteiger partial charge in [-0.1, -0.05) is 0 Å². The van der Waals surface area contributed by atoms with Crippen molar-refractivity contribution in [3.05, 3.63) is 24.2 Å². The van der Waals surface area contributed by atoms with E-state index in [0.717, 1.165) is 5.76 Å². The Morgan fingerprint density at radius 1 is 1.42 bits per heavy atom. The normalized spacial score (nSPS) is 14.3. The van der Waals surface area contributed by atoms with Crippen molar-refractivity contribution in [2.75, 3.05) is 13.2 Å². The number of ether oxygens (including phenoxy) is 1. The van der Waals surface area contributed by atoms with Gasteiger partial charge in [0, 0.05) is 6.54 Å². The first-order chi connectivity index (χ1) is 9.20. The lowest BCUT2D eigenvalue weighted by molar-refractivity contribution is -0.134. The molecule has 0 saturated carbocycles. The molecule has 0 spiro atoms. The molecule has 1 aliphatic heterocycles. The van der Waals surface area contributed by atoms with Crippen LogP contribution < -0.4 is 5.32 Å². The van der Waals surface area contributed by atoms with Crippen LogP contribution in [0.4, 0.5) is 4.79 Å². The Bertz CT molecular complexity index is 531. The predicted molar refractivity (Wildman–Crippen MR) is 67.3 cm³/mol. The van der Waals surface area contributed by atoms with Gasteiger partial charge < -0.3 is 14.5 Å². The Morgan fingerprint density at radius 3 is 2.95 bits per heavy atom. The molecule has 0 radical (unpaired) electrons. The molecule has 0 unspecified atom stereocenters. The molecule has 1 aliphatic rings. The van der Waals surface area contributed by atoms with Gasteiger partial charge >= 0.3 is 12.0 Å². The maximum atomic E-state index is 11.6. The second-order valence-corrected chi connectivity index (χ2v) is 3.70. The zero-order valence-corrected chi connectivity index (χ0v) is 10.4. The lowest BCUT2D eigenvalue weighted by Crippen LogP contribution is -2.32. The van der Waals surface area contributed by atoms with E-state index in [9.17, 15) is 9.59 Å². The van der Waals surface area contributed by atoms with Gasteiger partial charge in [0.05, 0.1) is 25.1 Å². The van der Waals surface area contributed by atoms with E-state index in [1.807, 2.05) is 6.07 Å². The van der Waals surface area contributed by atoms with Gasteiger partial charge in [-0.25, -0.2) is 9.59 Å². The molecule has 2 heterocycles. The van der Waals surface area contributed by atoms with Crippen LogP contribution in [0.2, 0.25) is 0 Å². The van der Waals surface area contributed by atoms with E-state index < -0.39 is 12.0 Å². The number of hydrogen-bond acceptors (Lipinski definition) is 5. The van der Waals surface area contributed by atoms with Crippen LogP contribution in [0.5, 0.6) is 0 Å². The van der Waals surface area contributed by atoms with Crippen LogP contribution in [-0.2, 0) is 16.1 Å². The number of furan rings is 1. The number of nitrogens with one attached hydrogen (secondary N) is 1. The molecule has 1 N–H and O–H groups in total. The minimum atomic E-state index is -0.683. The number of carbonyl (C=O) groups is 2. The van der Waals surface area contributed by atoms with E-state index in [2.05, 4.69) is 15.3 Å². The maximum Gasteiger partial charge on any atom is 0.368 e. The minimum Gasteiger partial charge on any atom is -0.468 e. The van der Waals surface area contributed by atoms with Crippen LogP contribution in [0.1, 0.15) is 12.7 Å². The van der Waals surface area contributed by atoms with Gasteiger partial charge in [-0.2, -0.15) is 9.98 Å². The van der Waals surface area contributed by atoms with Gasteiger partial charge in [-0.15, -0.1) is 0 Å². The number of hydrogen-bond donors (Lipinski definition) is 1. The summed E-state index contributed by atoms with van der Waals surface area (Å²) in [4.78, 5) is 29.9. The number of nitrogens with zero attached hydrogens (tertiary/aromatic N) is 2. The van der Waals surface area contributed by atoms with Gasteiger partial charge in [0.1, 0.15) is 5.76 Å². The molecule has 7 nitrogen and oxygen atoms in total. The standard InChI is InChI=1S/C12H13N3O4/c1-2-18-11(16)10-9(14-12(17)15-10)7-13-6-8-4-3-5-19-8/h3-5,13H,2,6-7H2,1H3. The lowest BCUT2D eigenvalue weighted by Gasteiger charge is -2.05. The van der Waals surface area contributed by atoms with Crippen molar-refractivity contribution < 1.29 is 18.7 Å². The molecule has 2 rings (SSSR count). The van der Waals surface area contributed by atoms with Crippen molar-refractivity contribution in [3.8, 4) is 0 Å². The largest absolute Gasteiger partial charge is 0.468 e. The highest BCUT2D eigenvalue weighted by Gasteiger charge is 2.26. The smallest absolute Gasteiger partial charge is 0.368 e. The molecule has 7 heteroatoms. The number of urea groups is 1. The van der Waals surface area contributed by atoms with Crippen molar-refractivity contribution >= 4 is 23.4 Å². The van der Waals surface area contributed by atoms with E-state index in [0.29, 0.717) is 6.54 Å². The molecular weight excluding hydrogens is 250 g/mol. The highest BCUT2D eigenvalue weighted by molar-refractivity contribution is 6.69. The second kappa shape index (κ2) is 6.05. The average Bonchev–Trinajstić information content (AvgIpc) is 2.99. The van der Waals surface area contributed by atoms with Gasteiger partial charge in [0.15, 0.2) is 5.71 Å². The third kappa shape index (κ3) is 3.35. The maximum absolute atomic E-state index is 11.6. The summed E-state index contributed by atoms with van der Waals surface area (Å²) in [7, 11) is 0. The summed E-state index contributed by atoms with van der Waals surface area (Å²) in [6.07, 6.45) is 1.57. The molecule has 100 valence electrons. The fourth-order valence-electron chi connectivity index (χ4n) is 1.56. The van der Waals surface area contributed by atoms with E-state index in [1.165, 1.54) is 0 Å². The van der Waals surface area contributed by atoms with E-state index in [-0.39, 0.29) is 24.6 Å². The average molecular weight is 263 g/mol. The second-order valence-electron chi connectivity index (χ2n) is 3.70. The van der Waals surface area contributed by atoms with E-state index >= 15 is 0 Å². The number of carbonyl (C=O) groups excluding carboxylic acids is 2. The zero-order valence-electron chi connectivity index (χ0n) is 10.4. The van der Waals surface area contributed by atoms with Crippen LogP contribution >= 0.6 is 0 Å². The monoisotopic (exact) mass is 263 g/mol. The summed E-state index contributed by atoms with van der Waals surface area (Å²) in [5, 5.41) is 3.01. The van der Waals surface area contributed by atoms with Crippen molar-refractivity contribution in [2.45, 2.75) is 13.5 Å². The van der Waals surface area contributed by atoms with Crippen molar-refractivity contribution in [3.63, 3.8) is 0 Å². The van der Waals surface area contributed by atoms with Crippen LogP contribution in [0.15, 0.2) is 32.8 Å². The van der Waals surface area contributed by atoms with Crippen molar-refractivity contribution in [1.29, 1.82) is 0 Å². The molecule has 0 bridgehead atoms. The zero-order chi connectivity index (χ0) is 13.7. The third-order valence-corrected chi connectivity index (χ3v) is 2.35. The van der Waals surface area contributed by atoms with Crippen LogP contribution in [0.3, 0.4) is 0 Å². The Labute approximate surface area is 109 Å². The van der Waals surface area contributed by atoms with Gasteiger partial charge in [-0.05, 0) is 19.1 Å². The molecule has 2 amide bonds. The summed E-state index contributed by atoms with van der Waals surface area (Å²) in [6, 6.07) is 2.91. The van der Waals surface area contributed by atoms with E-state index in [4.69, 9.17) is 9.15 Å².